The van der Waals surface area contributed by atoms with Crippen molar-refractivity contribution < 1.29 is 4.39 Å². The average Bonchev–Trinajstić information content (AvgIpc) is 3.20. The summed E-state index contributed by atoms with van der Waals surface area (Å²) in [6, 6.07) is 27.1. The van der Waals surface area contributed by atoms with Crippen LogP contribution in [0.3, 0.4) is 0 Å². The van der Waals surface area contributed by atoms with E-state index in [4.69, 9.17) is 0 Å². The highest BCUT2D eigenvalue weighted by atomic mass is 32.1. The summed E-state index contributed by atoms with van der Waals surface area (Å²) in [5, 5.41) is 11.1. The van der Waals surface area contributed by atoms with Gasteiger partial charge in [0, 0.05) is 11.9 Å². The lowest BCUT2D eigenvalue weighted by molar-refractivity contribution is 0.628. The number of aromatic nitrogens is 1. The molecule has 3 aromatic carbocycles. The first-order valence-corrected chi connectivity index (χ1v) is 10.7. The van der Waals surface area contributed by atoms with Crippen LogP contribution in [0.1, 0.15) is 18.1 Å². The van der Waals surface area contributed by atoms with Gasteiger partial charge in [-0.3, -0.25) is 0 Å². The number of halogens is 1. The second-order valence-electron chi connectivity index (χ2n) is 6.95. The van der Waals surface area contributed by atoms with Crippen LogP contribution in [0.25, 0.3) is 11.3 Å². The van der Waals surface area contributed by atoms with Crippen molar-refractivity contribution in [1.29, 1.82) is 0 Å². The number of hydrogen-bond donors (Lipinski definition) is 0. The van der Waals surface area contributed by atoms with Crippen molar-refractivity contribution in [3.8, 4) is 11.3 Å². The van der Waals surface area contributed by atoms with Gasteiger partial charge in [-0.15, -0.1) is 16.4 Å². The van der Waals surface area contributed by atoms with Crippen molar-refractivity contribution in [2.24, 2.45) is 10.2 Å². The van der Waals surface area contributed by atoms with Crippen LogP contribution in [-0.2, 0) is 13.0 Å². The minimum atomic E-state index is -0.256. The molecule has 0 amide bonds. The average molecular weight is 416 g/mol. The van der Waals surface area contributed by atoms with Gasteiger partial charge in [0.1, 0.15) is 5.82 Å². The zero-order valence-corrected chi connectivity index (χ0v) is 17.5. The molecule has 5 heteroatoms. The fourth-order valence-corrected chi connectivity index (χ4v) is 4.10. The fourth-order valence-electron chi connectivity index (χ4n) is 3.22. The third kappa shape index (κ3) is 4.81. The maximum absolute atomic E-state index is 13.2. The van der Waals surface area contributed by atoms with Gasteiger partial charge >= 0.3 is 0 Å². The minimum absolute atomic E-state index is 0.256. The SMILES string of the molecule is C/C(=N/N=c1/scc(-c2ccccc2)n1CCc1ccccc1)c1ccc(F)cc1. The molecule has 0 saturated carbocycles. The Morgan fingerprint density at radius 1 is 0.900 bits per heavy atom. The van der Waals surface area contributed by atoms with Crippen molar-refractivity contribution in [3.05, 3.63) is 112 Å². The van der Waals surface area contributed by atoms with E-state index in [2.05, 4.69) is 56.5 Å². The van der Waals surface area contributed by atoms with Crippen LogP contribution in [0.4, 0.5) is 4.39 Å². The molecular formula is C25H22FN3S. The van der Waals surface area contributed by atoms with Crippen LogP contribution in [0.2, 0.25) is 0 Å². The number of rotatable bonds is 6. The molecule has 0 aliphatic heterocycles. The molecule has 0 bridgehead atoms. The minimum Gasteiger partial charge on any atom is -0.315 e. The van der Waals surface area contributed by atoms with Gasteiger partial charge in [-0.05, 0) is 42.2 Å². The van der Waals surface area contributed by atoms with Gasteiger partial charge in [-0.2, -0.15) is 5.10 Å². The Kier molecular flexibility index (Phi) is 6.30. The molecule has 0 radical (unpaired) electrons. The van der Waals surface area contributed by atoms with Crippen LogP contribution in [0.5, 0.6) is 0 Å². The Morgan fingerprint density at radius 2 is 1.57 bits per heavy atom. The monoisotopic (exact) mass is 415 g/mol. The van der Waals surface area contributed by atoms with E-state index in [-0.39, 0.29) is 5.82 Å². The zero-order chi connectivity index (χ0) is 20.8. The Balaban J connectivity index is 1.69. The van der Waals surface area contributed by atoms with Gasteiger partial charge in [-0.1, -0.05) is 72.8 Å². The van der Waals surface area contributed by atoms with E-state index in [9.17, 15) is 4.39 Å². The molecule has 1 heterocycles. The number of thiazole rings is 1. The third-order valence-electron chi connectivity index (χ3n) is 4.88. The molecule has 0 aliphatic rings. The van der Waals surface area contributed by atoms with Gasteiger partial charge in [-0.25, -0.2) is 4.39 Å². The normalized spacial score (nSPS) is 12.3. The molecule has 3 nitrogen and oxygen atoms in total. The van der Waals surface area contributed by atoms with E-state index < -0.39 is 0 Å². The number of nitrogens with zero attached hydrogens (tertiary/aromatic N) is 3. The molecular weight excluding hydrogens is 393 g/mol. The van der Waals surface area contributed by atoms with Crippen molar-refractivity contribution in [2.45, 2.75) is 19.9 Å². The molecule has 0 spiro atoms. The Morgan fingerprint density at radius 3 is 2.27 bits per heavy atom. The maximum Gasteiger partial charge on any atom is 0.211 e. The Labute approximate surface area is 179 Å². The third-order valence-corrected chi connectivity index (χ3v) is 5.74. The number of benzene rings is 3. The lowest BCUT2D eigenvalue weighted by Crippen LogP contribution is -2.17. The van der Waals surface area contributed by atoms with Crippen LogP contribution < -0.4 is 4.80 Å². The molecule has 0 N–H and O–H groups in total. The summed E-state index contributed by atoms with van der Waals surface area (Å²) < 4.78 is 15.4. The van der Waals surface area contributed by atoms with E-state index in [0.29, 0.717) is 0 Å². The number of hydrogen-bond acceptors (Lipinski definition) is 3. The van der Waals surface area contributed by atoms with Crippen molar-refractivity contribution in [1.82, 2.24) is 4.57 Å². The van der Waals surface area contributed by atoms with Crippen LogP contribution in [0.15, 0.2) is 101 Å². The molecule has 0 aliphatic carbocycles. The summed E-state index contributed by atoms with van der Waals surface area (Å²) in [6.45, 7) is 2.69. The quantitative estimate of drug-likeness (QED) is 0.276. The second kappa shape index (κ2) is 9.46. The lowest BCUT2D eigenvalue weighted by Gasteiger charge is -2.09. The first-order chi connectivity index (χ1) is 14.7. The Bertz CT molecular complexity index is 1190. The molecule has 0 unspecified atom stereocenters. The predicted molar refractivity (Wildman–Crippen MR) is 122 cm³/mol. The van der Waals surface area contributed by atoms with Crippen LogP contribution in [-0.4, -0.2) is 10.3 Å². The molecule has 0 fully saturated rings. The topological polar surface area (TPSA) is 29.6 Å². The molecule has 0 atom stereocenters. The molecule has 0 saturated heterocycles. The molecule has 1 aromatic heterocycles. The molecule has 4 rings (SSSR count). The summed E-state index contributed by atoms with van der Waals surface area (Å²) in [7, 11) is 0. The Hall–Kier alpha value is -3.31. The largest absolute Gasteiger partial charge is 0.315 e. The van der Waals surface area contributed by atoms with E-state index in [0.717, 1.165) is 40.3 Å². The van der Waals surface area contributed by atoms with E-state index in [1.807, 2.05) is 31.2 Å². The molecule has 30 heavy (non-hydrogen) atoms. The highest BCUT2D eigenvalue weighted by molar-refractivity contribution is 7.07. The van der Waals surface area contributed by atoms with Gasteiger partial charge in [0.2, 0.25) is 4.80 Å². The summed E-state index contributed by atoms with van der Waals surface area (Å²) in [5.74, 6) is -0.256. The van der Waals surface area contributed by atoms with E-state index in [1.54, 1.807) is 23.5 Å². The van der Waals surface area contributed by atoms with Crippen LogP contribution >= 0.6 is 11.3 Å². The van der Waals surface area contributed by atoms with Crippen molar-refractivity contribution >= 4 is 17.0 Å². The van der Waals surface area contributed by atoms with Gasteiger partial charge in [0.05, 0.1) is 11.4 Å². The first kappa shape index (κ1) is 20.0. The van der Waals surface area contributed by atoms with E-state index >= 15 is 0 Å². The van der Waals surface area contributed by atoms with Gasteiger partial charge in [0.15, 0.2) is 0 Å². The highest BCUT2D eigenvalue weighted by Gasteiger charge is 2.08. The summed E-state index contributed by atoms with van der Waals surface area (Å²) in [6.07, 6.45) is 0.908. The smallest absolute Gasteiger partial charge is 0.211 e. The van der Waals surface area contributed by atoms with Gasteiger partial charge < -0.3 is 4.57 Å². The summed E-state index contributed by atoms with van der Waals surface area (Å²) in [5.41, 5.74) is 5.18. The predicted octanol–water partition coefficient (Wildman–Crippen LogP) is 5.92. The molecule has 150 valence electrons. The zero-order valence-electron chi connectivity index (χ0n) is 16.7. The fraction of sp³-hybridized carbons (Fsp3) is 0.120. The van der Waals surface area contributed by atoms with Crippen molar-refractivity contribution in [2.75, 3.05) is 0 Å². The highest BCUT2D eigenvalue weighted by Crippen LogP contribution is 2.20. The maximum atomic E-state index is 13.2. The first-order valence-electron chi connectivity index (χ1n) is 9.82. The van der Waals surface area contributed by atoms with Crippen LogP contribution in [0, 0.1) is 5.82 Å². The standard InChI is InChI=1S/C25H22FN3S/c1-19(21-12-14-23(26)15-13-21)27-28-25-29(17-16-20-8-4-2-5-9-20)24(18-30-25)22-10-6-3-7-11-22/h2-15,18H,16-17H2,1H3/b27-19-,28-25+. The summed E-state index contributed by atoms with van der Waals surface area (Å²) >= 11 is 1.57. The van der Waals surface area contributed by atoms with Crippen molar-refractivity contribution in [3.63, 3.8) is 0 Å². The molecule has 4 aromatic rings. The lowest BCUT2D eigenvalue weighted by atomic mass is 10.1. The number of aryl methyl sites for hydroxylation is 1. The summed E-state index contributed by atoms with van der Waals surface area (Å²) in [4.78, 5) is 0.839. The second-order valence-corrected chi connectivity index (χ2v) is 7.79. The van der Waals surface area contributed by atoms with E-state index in [1.165, 1.54) is 17.7 Å². The van der Waals surface area contributed by atoms with Gasteiger partial charge in [0.25, 0.3) is 0 Å².